The Morgan fingerprint density at radius 2 is 0.623 bits per heavy atom. The predicted molar refractivity (Wildman–Crippen MR) is 226 cm³/mol. The molecule has 8 aromatic rings. The van der Waals surface area contributed by atoms with Crippen LogP contribution in [0.2, 0.25) is 10.0 Å². The number of hydrogen-bond acceptors (Lipinski definition) is 5. The van der Waals surface area contributed by atoms with Crippen LogP contribution < -0.4 is 19.3 Å². The number of carboxylic acid groups (broad SMARTS) is 1. The number of carbonyl (C=O) groups excluding carboxylic acids is 1. The number of halogens is 22. The third kappa shape index (κ3) is 10.6. The van der Waals surface area contributed by atoms with Crippen LogP contribution >= 0.6 is 23.2 Å². The Bertz CT molecular complexity index is 3530. The van der Waals surface area contributed by atoms with E-state index >= 15 is 8.78 Å². The first-order valence-corrected chi connectivity index (χ1v) is 22.0. The summed E-state index contributed by atoms with van der Waals surface area (Å²) in [6.07, 6.45) is 0. The van der Waals surface area contributed by atoms with Crippen LogP contribution in [-0.4, -0.2) is 5.97 Å². The minimum Gasteiger partial charge on any atom is -0.545 e. The Kier molecular flexibility index (Phi) is 16.5. The van der Waals surface area contributed by atoms with Crippen LogP contribution in [0.5, 0.6) is 34.5 Å². The Labute approximate surface area is 428 Å². The summed E-state index contributed by atoms with van der Waals surface area (Å²) in [4.78, 5) is 16.0. The maximum Gasteiger partial charge on any atom is 0.213 e. The largest absolute Gasteiger partial charge is 0.545 e. The Morgan fingerprint density at radius 3 is 0.961 bits per heavy atom. The maximum atomic E-state index is 15.2. The van der Waals surface area contributed by atoms with E-state index < -0.39 is 180 Å². The fraction of sp³-hybridized carbons (Fsp3) is 0. The number of carbonyl (C=O) groups is 1. The molecule has 5 nitrogen and oxygen atoms in total. The molecule has 8 aromatic carbocycles. The minimum absolute atomic E-state index is 0.148. The van der Waals surface area contributed by atoms with Gasteiger partial charge in [0.25, 0.3) is 0 Å². The van der Waals surface area contributed by atoms with Gasteiger partial charge in [0.05, 0.1) is 22.4 Å². The lowest BCUT2D eigenvalue weighted by atomic mass is 9.95. The number of carboxylic acids is 1. The lowest BCUT2D eigenvalue weighted by molar-refractivity contribution is -0.255. The lowest BCUT2D eigenvalue weighted by Gasteiger charge is -2.24. The lowest BCUT2D eigenvalue weighted by Crippen LogP contribution is -2.24. The zero-order valence-corrected chi connectivity index (χ0v) is 38.7. The number of aromatic carboxylic acids is 1. The molecule has 0 bridgehead atoms. The Balaban J connectivity index is 0.000000339. The average molecular weight is 1170 g/mol. The molecule has 0 aliphatic heterocycles. The molecule has 0 heterocycles. The first-order valence-electron chi connectivity index (χ1n) is 20.0. The number of ether oxygens (including phenoxy) is 3. The van der Waals surface area contributed by atoms with E-state index in [1.54, 1.807) is 0 Å². The van der Waals surface area contributed by atoms with E-state index in [-0.39, 0.29) is 10.9 Å². The molecule has 0 amide bonds. The summed E-state index contributed by atoms with van der Waals surface area (Å²) in [6, 6.07) is 26.0. The first-order chi connectivity index (χ1) is 36.2. The van der Waals surface area contributed by atoms with Crippen molar-refractivity contribution in [1.29, 1.82) is 0 Å². The molecule has 0 fully saturated rings. The molecule has 0 aliphatic rings. The Hall–Kier alpha value is -7.84. The van der Waals surface area contributed by atoms with Gasteiger partial charge in [0.15, 0.2) is 49.5 Å². The summed E-state index contributed by atoms with van der Waals surface area (Å²) < 4.78 is 302. The van der Waals surface area contributed by atoms with Gasteiger partial charge in [-0.2, -0.15) is 26.3 Å². The van der Waals surface area contributed by atoms with Crippen molar-refractivity contribution in [2.45, 2.75) is 14.7 Å². The van der Waals surface area contributed by atoms with Gasteiger partial charge in [-0.3, -0.25) is 0 Å². The molecular weight excluding hydrogens is 1150 g/mol. The molecule has 0 spiro atoms. The molecule has 28 heteroatoms. The fourth-order valence-corrected chi connectivity index (χ4v) is 8.88. The van der Waals surface area contributed by atoms with Gasteiger partial charge in [0, 0.05) is 21.2 Å². The number of hydrogen-bond donors (Lipinski definition) is 0. The zero-order chi connectivity index (χ0) is 56.8. The zero-order valence-electron chi connectivity index (χ0n) is 36.3. The van der Waals surface area contributed by atoms with Crippen LogP contribution in [0.4, 0.5) is 87.8 Å². The van der Waals surface area contributed by atoms with Crippen LogP contribution in [-0.2, 0) is 10.9 Å². The highest BCUT2D eigenvalue weighted by Gasteiger charge is 2.39. The third-order valence-corrected chi connectivity index (χ3v) is 12.8. The van der Waals surface area contributed by atoms with E-state index in [0.717, 1.165) is 10.0 Å². The van der Waals surface area contributed by atoms with Crippen molar-refractivity contribution >= 4 is 40.1 Å². The Morgan fingerprint density at radius 1 is 0.338 bits per heavy atom. The van der Waals surface area contributed by atoms with Crippen LogP contribution in [0.3, 0.4) is 0 Å². The molecule has 0 aromatic heterocycles. The van der Waals surface area contributed by atoms with Gasteiger partial charge in [0.2, 0.25) is 116 Å². The molecular formula is C49H14Cl2F20O5S. The molecule has 0 saturated heterocycles. The monoisotopic (exact) mass is 1160 g/mol. The van der Waals surface area contributed by atoms with Gasteiger partial charge in [-0.15, -0.1) is 0 Å². The van der Waals surface area contributed by atoms with Gasteiger partial charge in [-0.25, -0.2) is 61.5 Å². The summed E-state index contributed by atoms with van der Waals surface area (Å²) >= 11 is 12.0. The normalized spacial score (nSPS) is 11.2. The second kappa shape index (κ2) is 22.4. The van der Waals surface area contributed by atoms with Crippen molar-refractivity contribution < 1.29 is 112 Å². The summed E-state index contributed by atoms with van der Waals surface area (Å²) in [6.45, 7) is 0. The van der Waals surface area contributed by atoms with Gasteiger partial charge in [-0.05, 0) is 66.7 Å². The second-order valence-corrected chi connectivity index (χ2v) is 17.6. The van der Waals surface area contributed by atoms with Crippen LogP contribution in [0, 0.1) is 116 Å². The van der Waals surface area contributed by atoms with Crippen molar-refractivity contribution in [1.82, 2.24) is 0 Å². The standard InChI is InChI=1S/C31H2F20O5.C18H13Cl2S/c32-6-5(7(33)9(35)10(36)8(6)34)4-2(31(52)53)1-3(54-28-20(46)14(40)11(37)15(41)21(28)47)26(55-29-22(48)16(42)12(38)17(43)23(29)49)27(4)56-30-24(50)18(44)13(39)19(45)25(30)51;19-14-6-10-17(11-7-14)21(16-4-2-1-3-5-16)18-12-8-15(20)9-13-18/h1H,(H,52,53);1-13H/q;+1/p-1. The van der Waals surface area contributed by atoms with Gasteiger partial charge in [0.1, 0.15) is 0 Å². The fourth-order valence-electron chi connectivity index (χ4n) is 6.56. The third-order valence-electron chi connectivity index (χ3n) is 10.1. The van der Waals surface area contributed by atoms with Crippen LogP contribution in [0.15, 0.2) is 99.6 Å². The predicted octanol–water partition coefficient (Wildman–Crippen LogP) is 16.0. The van der Waals surface area contributed by atoms with Crippen LogP contribution in [0.25, 0.3) is 11.1 Å². The SMILES string of the molecule is Clc1ccc([S+](c2ccccc2)c2ccc(Cl)cc2)cc1.O=C([O-])c1cc(Oc2c(F)c(F)c(F)c(F)c2F)c(Oc2c(F)c(F)c(F)c(F)c2F)c(Oc2c(F)c(F)c(F)c(F)c2F)c1-c1c(F)c(F)c(F)c(F)c1F. The van der Waals surface area contributed by atoms with Crippen LogP contribution in [0.1, 0.15) is 10.4 Å². The number of rotatable bonds is 11. The van der Waals surface area contributed by atoms with Crippen molar-refractivity contribution in [2.24, 2.45) is 0 Å². The molecule has 0 N–H and O–H groups in total. The summed E-state index contributed by atoms with van der Waals surface area (Å²) in [5, 5.41) is 13.8. The maximum absolute atomic E-state index is 15.2. The summed E-state index contributed by atoms with van der Waals surface area (Å²) in [7, 11) is -0.148. The minimum atomic E-state index is -3.17. The van der Waals surface area contributed by atoms with Crippen molar-refractivity contribution in [3.63, 3.8) is 0 Å². The van der Waals surface area contributed by atoms with Crippen molar-refractivity contribution in [3.8, 4) is 45.6 Å². The van der Waals surface area contributed by atoms with E-state index in [9.17, 15) is 88.9 Å². The van der Waals surface area contributed by atoms with E-state index in [2.05, 4.69) is 62.7 Å². The molecule has 0 saturated carbocycles. The average Bonchev–Trinajstić information content (AvgIpc) is 3.42. The molecule has 8 rings (SSSR count). The first kappa shape index (κ1) is 56.9. The second-order valence-electron chi connectivity index (χ2n) is 14.7. The van der Waals surface area contributed by atoms with E-state index in [0.29, 0.717) is 0 Å². The summed E-state index contributed by atoms with van der Waals surface area (Å²) in [5.41, 5.74) is -7.70. The summed E-state index contributed by atoms with van der Waals surface area (Å²) in [5.74, 6) is -81.2. The highest BCUT2D eigenvalue weighted by molar-refractivity contribution is 7.97. The van der Waals surface area contributed by atoms with Crippen molar-refractivity contribution in [3.05, 3.63) is 217 Å². The van der Waals surface area contributed by atoms with E-state index in [1.807, 2.05) is 30.3 Å². The van der Waals surface area contributed by atoms with Gasteiger partial charge < -0.3 is 24.1 Å². The van der Waals surface area contributed by atoms with Gasteiger partial charge in [-0.1, -0.05) is 41.4 Å². The molecule has 0 atom stereocenters. The molecule has 0 unspecified atom stereocenters. The molecule has 400 valence electrons. The molecule has 0 radical (unpaired) electrons. The smallest absolute Gasteiger partial charge is 0.213 e. The molecule has 77 heavy (non-hydrogen) atoms. The molecule has 0 aliphatic carbocycles. The highest BCUT2D eigenvalue weighted by atomic mass is 35.5. The van der Waals surface area contributed by atoms with Crippen molar-refractivity contribution in [2.75, 3.05) is 0 Å². The quantitative estimate of drug-likeness (QED) is 0.0559. The van der Waals surface area contributed by atoms with E-state index in [1.165, 1.54) is 14.7 Å². The van der Waals surface area contributed by atoms with Gasteiger partial charge >= 0.3 is 0 Å². The van der Waals surface area contributed by atoms with E-state index in [4.69, 9.17) is 23.2 Å². The topological polar surface area (TPSA) is 67.8 Å². The highest BCUT2D eigenvalue weighted by Crippen LogP contribution is 2.55. The number of benzene rings is 8.